The number of ether oxygens (including phenoxy) is 1. The first-order valence-electron chi connectivity index (χ1n) is 9.53. The highest BCUT2D eigenvalue weighted by molar-refractivity contribution is 9.10. The summed E-state index contributed by atoms with van der Waals surface area (Å²) < 4.78 is 19.8. The van der Waals surface area contributed by atoms with Gasteiger partial charge in [-0.05, 0) is 83.0 Å². The molecule has 0 aromatic heterocycles. The summed E-state index contributed by atoms with van der Waals surface area (Å²) in [7, 11) is 0. The third kappa shape index (κ3) is 5.95. The van der Waals surface area contributed by atoms with E-state index in [1.165, 1.54) is 18.2 Å². The Balaban J connectivity index is 1.68. The van der Waals surface area contributed by atoms with Gasteiger partial charge < -0.3 is 10.1 Å². The molecule has 1 aliphatic rings. The molecule has 1 N–H and O–H groups in total. The summed E-state index contributed by atoms with van der Waals surface area (Å²) in [6.07, 6.45) is 2.53. The minimum Gasteiger partial charge on any atom is -0.490 e. The molecule has 0 radical (unpaired) electrons. The average Bonchev–Trinajstić information content (AvgIpc) is 2.97. The Bertz CT molecular complexity index is 1060. The molecule has 31 heavy (non-hydrogen) atoms. The molecule has 0 saturated carbocycles. The molecule has 0 unspecified atom stereocenters. The summed E-state index contributed by atoms with van der Waals surface area (Å²) in [6.45, 7) is 3.55. The minimum atomic E-state index is -0.594. The van der Waals surface area contributed by atoms with E-state index in [4.69, 9.17) is 4.74 Å². The van der Waals surface area contributed by atoms with Gasteiger partial charge in [0.1, 0.15) is 18.1 Å². The summed E-state index contributed by atoms with van der Waals surface area (Å²) >= 11 is 4.22. The summed E-state index contributed by atoms with van der Waals surface area (Å²) in [5.41, 5.74) is 0.954. The van der Waals surface area contributed by atoms with Gasteiger partial charge in [-0.1, -0.05) is 19.1 Å². The lowest BCUT2D eigenvalue weighted by Crippen LogP contribution is -2.36. The van der Waals surface area contributed by atoms with Crippen molar-refractivity contribution in [2.24, 2.45) is 0 Å². The molecule has 162 valence electrons. The van der Waals surface area contributed by atoms with Crippen LogP contribution in [-0.4, -0.2) is 34.6 Å². The van der Waals surface area contributed by atoms with Crippen LogP contribution in [0.3, 0.4) is 0 Å². The number of thioether (sulfide) groups is 1. The van der Waals surface area contributed by atoms with E-state index in [0.717, 1.165) is 33.6 Å². The number of nitrogens with zero attached hydrogens (tertiary/aromatic N) is 1. The number of imide groups is 1. The first-order chi connectivity index (χ1) is 14.8. The fourth-order valence-corrected chi connectivity index (χ4v) is 4.03. The van der Waals surface area contributed by atoms with E-state index in [9.17, 15) is 18.8 Å². The Kier molecular flexibility index (Phi) is 7.50. The maximum atomic E-state index is 13.2. The molecule has 1 atom stereocenters. The average molecular weight is 507 g/mol. The Labute approximate surface area is 192 Å². The number of anilines is 1. The van der Waals surface area contributed by atoms with Gasteiger partial charge in [-0.15, -0.1) is 0 Å². The molecule has 9 heteroatoms. The maximum Gasteiger partial charge on any atom is 0.294 e. The van der Waals surface area contributed by atoms with E-state index in [1.54, 1.807) is 24.3 Å². The predicted molar refractivity (Wildman–Crippen MR) is 122 cm³/mol. The van der Waals surface area contributed by atoms with Crippen molar-refractivity contribution < 1.29 is 23.5 Å². The fraction of sp³-hybridized carbons (Fsp3) is 0.227. The van der Waals surface area contributed by atoms with Gasteiger partial charge in [-0.3, -0.25) is 19.3 Å². The van der Waals surface area contributed by atoms with Gasteiger partial charge in [-0.25, -0.2) is 4.39 Å². The molecular weight excluding hydrogens is 487 g/mol. The summed E-state index contributed by atoms with van der Waals surface area (Å²) in [6, 6.07) is 10.7. The second-order valence-corrected chi connectivity index (χ2v) is 8.70. The van der Waals surface area contributed by atoms with Gasteiger partial charge in [0.15, 0.2) is 0 Å². The first-order valence-corrected chi connectivity index (χ1v) is 11.1. The van der Waals surface area contributed by atoms with Crippen LogP contribution in [0.4, 0.5) is 14.9 Å². The number of hydrogen-bond acceptors (Lipinski definition) is 5. The Morgan fingerprint density at radius 1 is 1.29 bits per heavy atom. The quantitative estimate of drug-likeness (QED) is 0.506. The molecule has 3 amide bonds. The van der Waals surface area contributed by atoms with Crippen molar-refractivity contribution >= 4 is 56.5 Å². The number of halogens is 2. The lowest BCUT2D eigenvalue weighted by atomic mass is 10.2. The number of nitrogens with one attached hydrogen (secondary N) is 1. The van der Waals surface area contributed by atoms with Crippen LogP contribution in [0.2, 0.25) is 0 Å². The highest BCUT2D eigenvalue weighted by Crippen LogP contribution is 2.34. The number of carbonyl (C=O) groups is 3. The van der Waals surface area contributed by atoms with Crippen molar-refractivity contribution in [3.05, 3.63) is 63.2 Å². The predicted octanol–water partition coefficient (Wildman–Crippen LogP) is 5.44. The van der Waals surface area contributed by atoms with Crippen molar-refractivity contribution in [1.29, 1.82) is 0 Å². The van der Waals surface area contributed by atoms with E-state index >= 15 is 0 Å². The van der Waals surface area contributed by atoms with E-state index in [2.05, 4.69) is 21.2 Å². The van der Waals surface area contributed by atoms with Crippen molar-refractivity contribution in [3.8, 4) is 5.75 Å². The van der Waals surface area contributed by atoms with Crippen molar-refractivity contribution in [3.63, 3.8) is 0 Å². The second-order valence-electron chi connectivity index (χ2n) is 6.85. The van der Waals surface area contributed by atoms with Crippen molar-refractivity contribution in [1.82, 2.24) is 4.90 Å². The number of carbonyl (C=O) groups excluding carboxylic acids is 3. The standard InChI is InChI=1S/C22H20BrFN2O4S/c1-3-13(2)30-18-8-7-14(9-17(18)23)10-19-21(28)26(22(29)31-19)12-20(27)25-16-6-4-5-15(24)11-16/h4-11,13H,3,12H2,1-2H3,(H,25,27)/b19-10+/t13-/m0/s1. The number of amides is 3. The van der Waals surface area contributed by atoms with Gasteiger partial charge in [0.25, 0.3) is 11.1 Å². The molecule has 1 heterocycles. The van der Waals surface area contributed by atoms with E-state index in [1.807, 2.05) is 13.8 Å². The molecular formula is C22H20BrFN2O4S. The molecule has 2 aromatic rings. The summed E-state index contributed by atoms with van der Waals surface area (Å²) in [5, 5.41) is 1.94. The van der Waals surface area contributed by atoms with E-state index in [0.29, 0.717) is 11.3 Å². The maximum absolute atomic E-state index is 13.2. The summed E-state index contributed by atoms with van der Waals surface area (Å²) in [5.74, 6) is -0.962. The molecule has 2 aromatic carbocycles. The zero-order valence-corrected chi connectivity index (χ0v) is 19.3. The van der Waals surface area contributed by atoms with Gasteiger partial charge in [-0.2, -0.15) is 0 Å². The number of hydrogen-bond donors (Lipinski definition) is 1. The highest BCUT2D eigenvalue weighted by atomic mass is 79.9. The third-order valence-corrected chi connectivity index (χ3v) is 5.97. The molecule has 6 nitrogen and oxygen atoms in total. The van der Waals surface area contributed by atoms with Gasteiger partial charge in [0.2, 0.25) is 5.91 Å². The van der Waals surface area contributed by atoms with E-state index < -0.39 is 29.4 Å². The zero-order valence-electron chi connectivity index (χ0n) is 16.9. The fourth-order valence-electron chi connectivity index (χ4n) is 2.70. The van der Waals surface area contributed by atoms with Crippen LogP contribution in [-0.2, 0) is 9.59 Å². The van der Waals surface area contributed by atoms with Crippen LogP contribution in [0.1, 0.15) is 25.8 Å². The van der Waals surface area contributed by atoms with Crippen LogP contribution in [0.25, 0.3) is 6.08 Å². The Hall–Kier alpha value is -2.65. The van der Waals surface area contributed by atoms with Crippen LogP contribution in [0, 0.1) is 5.82 Å². The van der Waals surface area contributed by atoms with Crippen molar-refractivity contribution in [2.75, 3.05) is 11.9 Å². The molecule has 0 spiro atoms. The molecule has 1 saturated heterocycles. The van der Waals surface area contributed by atoms with Crippen LogP contribution >= 0.6 is 27.7 Å². The summed E-state index contributed by atoms with van der Waals surface area (Å²) in [4.78, 5) is 38.2. The molecule has 0 bridgehead atoms. The van der Waals surface area contributed by atoms with Crippen molar-refractivity contribution in [2.45, 2.75) is 26.4 Å². The first kappa shape index (κ1) is 23.0. The van der Waals surface area contributed by atoms with Gasteiger partial charge in [0, 0.05) is 5.69 Å². The molecule has 1 fully saturated rings. The molecule has 3 rings (SSSR count). The smallest absolute Gasteiger partial charge is 0.294 e. The minimum absolute atomic E-state index is 0.0668. The molecule has 0 aliphatic carbocycles. The van der Waals surface area contributed by atoms with Crippen LogP contribution < -0.4 is 10.1 Å². The Morgan fingerprint density at radius 3 is 2.74 bits per heavy atom. The zero-order chi connectivity index (χ0) is 22.5. The van der Waals surface area contributed by atoms with Crippen LogP contribution in [0.5, 0.6) is 5.75 Å². The lowest BCUT2D eigenvalue weighted by Gasteiger charge is -2.14. The Morgan fingerprint density at radius 2 is 2.06 bits per heavy atom. The highest BCUT2D eigenvalue weighted by Gasteiger charge is 2.36. The topological polar surface area (TPSA) is 75.7 Å². The second kappa shape index (κ2) is 10.1. The SMILES string of the molecule is CC[C@H](C)Oc1ccc(/C=C2/SC(=O)N(CC(=O)Nc3cccc(F)c3)C2=O)cc1Br. The third-order valence-electron chi connectivity index (χ3n) is 4.44. The lowest BCUT2D eigenvalue weighted by molar-refractivity contribution is -0.127. The number of rotatable bonds is 7. The normalized spacial score (nSPS) is 16.0. The monoisotopic (exact) mass is 506 g/mol. The largest absolute Gasteiger partial charge is 0.490 e. The number of benzene rings is 2. The van der Waals surface area contributed by atoms with Gasteiger partial charge >= 0.3 is 0 Å². The molecule has 1 aliphatic heterocycles. The van der Waals surface area contributed by atoms with E-state index in [-0.39, 0.29) is 16.7 Å². The van der Waals surface area contributed by atoms with Gasteiger partial charge in [0.05, 0.1) is 15.5 Å². The van der Waals surface area contributed by atoms with Crippen LogP contribution in [0.15, 0.2) is 51.8 Å².